The molecule has 0 bridgehead atoms. The number of nitrogens with zero attached hydrogens (tertiary/aromatic N) is 3. The number of nitrogen functional groups attached to an aromatic ring is 1. The summed E-state index contributed by atoms with van der Waals surface area (Å²) in [6.45, 7) is 8.57. The van der Waals surface area contributed by atoms with Gasteiger partial charge in [-0.05, 0) is 30.2 Å². The molecule has 0 radical (unpaired) electrons. The Bertz CT molecular complexity index is 912. The molecule has 214 valence electrons. The van der Waals surface area contributed by atoms with Crippen LogP contribution in [0.5, 0.6) is 0 Å². The van der Waals surface area contributed by atoms with Gasteiger partial charge in [0.15, 0.2) is 0 Å². The third kappa shape index (κ3) is 11.4. The maximum atomic E-state index is 13.6. The van der Waals surface area contributed by atoms with Crippen LogP contribution in [0.3, 0.4) is 0 Å². The highest BCUT2D eigenvalue weighted by Crippen LogP contribution is 2.33. The quantitative estimate of drug-likeness (QED) is 0.161. The lowest BCUT2D eigenvalue weighted by atomic mass is 9.78. The number of aromatic nitrogens is 2. The van der Waals surface area contributed by atoms with E-state index in [1.54, 1.807) is 0 Å². The van der Waals surface area contributed by atoms with Crippen LogP contribution in [-0.2, 0) is 19.2 Å². The predicted molar refractivity (Wildman–Crippen MR) is 143 cm³/mol. The Labute approximate surface area is 224 Å². The predicted octanol–water partition coefficient (Wildman–Crippen LogP) is 3.22. The van der Waals surface area contributed by atoms with Crippen LogP contribution >= 0.6 is 0 Å². The fraction of sp³-hybridized carbons (Fsp3) is 0.692. The van der Waals surface area contributed by atoms with Gasteiger partial charge in [-0.15, -0.1) is 0 Å². The van der Waals surface area contributed by atoms with Gasteiger partial charge in [-0.25, -0.2) is 10.0 Å². The Morgan fingerprint density at radius 2 is 1.82 bits per heavy atom. The number of nitrogens with two attached hydrogens (primary N) is 1. The molecule has 1 fully saturated rings. The number of hydroxylamine groups is 2. The molecule has 38 heavy (non-hydrogen) atoms. The van der Waals surface area contributed by atoms with E-state index in [9.17, 15) is 19.6 Å². The second kappa shape index (κ2) is 15.9. The number of amides is 3. The SMILES string of the molecule is CC(=O)O.CCC[C@@H]([C@H](CC1CCCCC1)C(=O)N[C@H](C(=O)Nc1nccc(N)n1)C(C)(C)C)N(O)C=O. The summed E-state index contributed by atoms with van der Waals surface area (Å²) in [6.07, 6.45) is 8.96. The normalized spacial score (nSPS) is 16.2. The number of hydrogen-bond acceptors (Lipinski definition) is 8. The van der Waals surface area contributed by atoms with Crippen molar-refractivity contribution < 1.29 is 29.5 Å². The Balaban J connectivity index is 0.00000168. The first-order chi connectivity index (χ1) is 17.8. The first-order valence-electron chi connectivity index (χ1n) is 13.1. The van der Waals surface area contributed by atoms with Gasteiger partial charge in [0, 0.05) is 13.1 Å². The number of nitrogens with one attached hydrogen (secondary N) is 2. The van der Waals surface area contributed by atoms with Crippen molar-refractivity contribution in [3.05, 3.63) is 12.3 Å². The molecule has 0 saturated heterocycles. The minimum absolute atomic E-state index is 0.0543. The van der Waals surface area contributed by atoms with Crippen LogP contribution in [0, 0.1) is 17.3 Å². The molecule has 1 saturated carbocycles. The van der Waals surface area contributed by atoms with Gasteiger partial charge < -0.3 is 16.2 Å². The van der Waals surface area contributed by atoms with Crippen LogP contribution in [0.1, 0.15) is 86.0 Å². The fourth-order valence-corrected chi connectivity index (χ4v) is 4.65. The van der Waals surface area contributed by atoms with Crippen molar-refractivity contribution in [1.82, 2.24) is 20.3 Å². The van der Waals surface area contributed by atoms with E-state index >= 15 is 0 Å². The third-order valence-corrected chi connectivity index (χ3v) is 6.47. The highest BCUT2D eigenvalue weighted by molar-refractivity contribution is 5.97. The number of carboxylic acid groups (broad SMARTS) is 1. The van der Waals surface area contributed by atoms with E-state index in [2.05, 4.69) is 20.6 Å². The van der Waals surface area contributed by atoms with Gasteiger partial charge >= 0.3 is 0 Å². The van der Waals surface area contributed by atoms with Gasteiger partial charge in [-0.1, -0.05) is 66.2 Å². The lowest BCUT2D eigenvalue weighted by molar-refractivity contribution is -0.170. The third-order valence-electron chi connectivity index (χ3n) is 6.47. The molecule has 1 aromatic rings. The van der Waals surface area contributed by atoms with Gasteiger partial charge in [0.25, 0.3) is 5.97 Å². The van der Waals surface area contributed by atoms with E-state index in [0.29, 0.717) is 36.7 Å². The van der Waals surface area contributed by atoms with Crippen molar-refractivity contribution in [2.45, 2.75) is 98.1 Å². The first-order valence-corrected chi connectivity index (χ1v) is 13.1. The first kappa shape index (κ1) is 32.7. The molecule has 1 aliphatic rings. The van der Waals surface area contributed by atoms with E-state index in [4.69, 9.17) is 15.6 Å². The number of rotatable bonds is 11. The monoisotopic (exact) mass is 536 g/mol. The van der Waals surface area contributed by atoms with Crippen LogP contribution in [-0.4, -0.2) is 61.6 Å². The summed E-state index contributed by atoms with van der Waals surface area (Å²) in [5.74, 6) is -1.68. The molecule has 0 spiro atoms. The van der Waals surface area contributed by atoms with Crippen LogP contribution in [0.25, 0.3) is 0 Å². The molecule has 6 N–H and O–H groups in total. The average molecular weight is 537 g/mol. The van der Waals surface area contributed by atoms with Gasteiger partial charge in [0.1, 0.15) is 11.9 Å². The van der Waals surface area contributed by atoms with Crippen LogP contribution in [0.4, 0.5) is 11.8 Å². The lowest BCUT2D eigenvalue weighted by Gasteiger charge is -2.36. The average Bonchev–Trinajstić information content (AvgIpc) is 2.83. The summed E-state index contributed by atoms with van der Waals surface area (Å²) in [4.78, 5) is 55.2. The number of anilines is 2. The molecule has 0 aliphatic heterocycles. The van der Waals surface area contributed by atoms with Gasteiger partial charge in [0.2, 0.25) is 24.2 Å². The molecule has 1 heterocycles. The van der Waals surface area contributed by atoms with Crippen LogP contribution in [0.2, 0.25) is 0 Å². The largest absolute Gasteiger partial charge is 0.481 e. The topological polar surface area (TPSA) is 188 Å². The number of carbonyl (C=O) groups excluding carboxylic acids is 3. The van der Waals surface area contributed by atoms with Crippen molar-refractivity contribution in [1.29, 1.82) is 0 Å². The Morgan fingerprint density at radius 3 is 2.32 bits per heavy atom. The van der Waals surface area contributed by atoms with E-state index in [1.807, 2.05) is 27.7 Å². The van der Waals surface area contributed by atoms with Crippen molar-refractivity contribution in [3.63, 3.8) is 0 Å². The summed E-state index contributed by atoms with van der Waals surface area (Å²) in [5, 5.41) is 23.9. The molecular formula is C26H44N6O6. The number of hydrogen-bond donors (Lipinski definition) is 5. The summed E-state index contributed by atoms with van der Waals surface area (Å²) in [5.41, 5.74) is 5.05. The molecule has 3 amide bonds. The molecule has 1 aliphatic carbocycles. The van der Waals surface area contributed by atoms with Crippen molar-refractivity contribution in [2.75, 3.05) is 11.1 Å². The minimum Gasteiger partial charge on any atom is -0.481 e. The fourth-order valence-electron chi connectivity index (χ4n) is 4.65. The van der Waals surface area contributed by atoms with Crippen LogP contribution < -0.4 is 16.4 Å². The molecule has 3 atom stereocenters. The Morgan fingerprint density at radius 1 is 1.21 bits per heavy atom. The summed E-state index contributed by atoms with van der Waals surface area (Å²) in [7, 11) is 0. The molecule has 0 aromatic carbocycles. The van der Waals surface area contributed by atoms with Gasteiger partial charge in [-0.2, -0.15) is 4.98 Å². The zero-order chi connectivity index (χ0) is 28.9. The smallest absolute Gasteiger partial charge is 0.300 e. The molecule has 12 nitrogen and oxygen atoms in total. The minimum atomic E-state index is -0.899. The van der Waals surface area contributed by atoms with Crippen molar-refractivity contribution >= 4 is 36.0 Å². The van der Waals surface area contributed by atoms with Gasteiger partial charge in [-0.3, -0.25) is 29.7 Å². The van der Waals surface area contributed by atoms with Crippen molar-refractivity contribution in [2.24, 2.45) is 17.3 Å². The standard InChI is InChI=1S/C24H40N6O4.C2H4O2/c1-5-9-18(30(34)15-31)17(14-16-10-7-6-8-11-16)21(32)28-20(24(2,3)4)22(33)29-23-26-13-12-19(25)27-23;1-2(3)4/h12-13,15-18,20,34H,5-11,14H2,1-4H3,(H,28,32)(H3,25,26,27,29,33);1H3,(H,3,4)/t17-,18-,20+;/m0./s1. The second-order valence-electron chi connectivity index (χ2n) is 10.8. The van der Waals surface area contributed by atoms with Gasteiger partial charge in [0.05, 0.1) is 12.0 Å². The summed E-state index contributed by atoms with van der Waals surface area (Å²) < 4.78 is 0. The number of carbonyl (C=O) groups is 4. The molecule has 2 rings (SSSR count). The molecule has 1 aromatic heterocycles. The van der Waals surface area contributed by atoms with Crippen LogP contribution in [0.15, 0.2) is 12.3 Å². The van der Waals surface area contributed by atoms with Crippen molar-refractivity contribution in [3.8, 4) is 0 Å². The Hall–Kier alpha value is -3.28. The maximum absolute atomic E-state index is 13.6. The lowest BCUT2D eigenvalue weighted by Crippen LogP contribution is -2.55. The number of carboxylic acids is 1. The zero-order valence-electron chi connectivity index (χ0n) is 23.1. The maximum Gasteiger partial charge on any atom is 0.300 e. The molecular weight excluding hydrogens is 492 g/mol. The van der Waals surface area contributed by atoms with E-state index < -0.39 is 35.3 Å². The van der Waals surface area contributed by atoms with E-state index in [-0.39, 0.29) is 17.7 Å². The highest BCUT2D eigenvalue weighted by atomic mass is 16.5. The highest BCUT2D eigenvalue weighted by Gasteiger charge is 2.39. The second-order valence-corrected chi connectivity index (χ2v) is 10.8. The summed E-state index contributed by atoms with van der Waals surface area (Å²) >= 11 is 0. The van der Waals surface area contributed by atoms with E-state index in [1.165, 1.54) is 18.7 Å². The van der Waals surface area contributed by atoms with E-state index in [0.717, 1.165) is 32.6 Å². The Kier molecular flexibility index (Phi) is 13.7. The summed E-state index contributed by atoms with van der Waals surface area (Å²) in [6, 6.07) is -0.0503. The molecule has 0 unspecified atom stereocenters. The number of aliphatic carboxylic acids is 1. The zero-order valence-corrected chi connectivity index (χ0v) is 23.1. The molecule has 12 heteroatoms.